The van der Waals surface area contributed by atoms with Gasteiger partial charge in [-0.05, 0) is 17.5 Å². The minimum atomic E-state index is -0.824. The zero-order valence-corrected chi connectivity index (χ0v) is 10.7. The van der Waals surface area contributed by atoms with Crippen LogP contribution in [0.3, 0.4) is 0 Å². The van der Waals surface area contributed by atoms with Crippen molar-refractivity contribution >= 4 is 11.3 Å². The molecule has 2 heterocycles. The number of rotatable bonds is 3. The molecular formula is C14H10F2N2S. The minimum absolute atomic E-state index is 0.261. The maximum Gasteiger partial charge on any atom is 0.163 e. The average molecular weight is 276 g/mol. The zero-order chi connectivity index (χ0) is 13.2. The van der Waals surface area contributed by atoms with E-state index in [0.29, 0.717) is 5.56 Å². The Hall–Kier alpha value is -2.01. The van der Waals surface area contributed by atoms with E-state index in [4.69, 9.17) is 0 Å². The Morgan fingerprint density at radius 3 is 2.84 bits per heavy atom. The summed E-state index contributed by atoms with van der Waals surface area (Å²) in [4.78, 5) is 5.27. The number of aromatic nitrogens is 2. The summed E-state index contributed by atoms with van der Waals surface area (Å²) in [5.41, 5.74) is 0.316. The number of benzene rings is 1. The van der Waals surface area contributed by atoms with Gasteiger partial charge < -0.3 is 4.57 Å². The number of imidazole rings is 1. The van der Waals surface area contributed by atoms with Crippen LogP contribution in [0.1, 0.15) is 5.56 Å². The second-order valence-corrected chi connectivity index (χ2v) is 5.02. The lowest BCUT2D eigenvalue weighted by Crippen LogP contribution is -2.03. The van der Waals surface area contributed by atoms with Crippen molar-refractivity contribution in [2.45, 2.75) is 6.54 Å². The monoisotopic (exact) mass is 276 g/mol. The molecule has 2 aromatic heterocycles. The van der Waals surface area contributed by atoms with Crippen LogP contribution < -0.4 is 0 Å². The molecule has 0 spiro atoms. The van der Waals surface area contributed by atoms with Gasteiger partial charge in [0.05, 0.1) is 11.4 Å². The minimum Gasteiger partial charge on any atom is -0.326 e. The molecule has 3 rings (SSSR count). The lowest BCUT2D eigenvalue weighted by molar-refractivity contribution is 0.495. The van der Waals surface area contributed by atoms with Gasteiger partial charge in [0.25, 0.3) is 0 Å². The maximum absolute atomic E-state index is 13.7. The molecule has 0 N–H and O–H groups in total. The van der Waals surface area contributed by atoms with Crippen LogP contribution in [0.5, 0.6) is 0 Å². The molecule has 0 saturated carbocycles. The highest BCUT2D eigenvalue weighted by Gasteiger charge is 2.11. The van der Waals surface area contributed by atoms with Crippen molar-refractivity contribution < 1.29 is 8.78 Å². The van der Waals surface area contributed by atoms with Crippen molar-refractivity contribution in [1.29, 1.82) is 0 Å². The second kappa shape index (κ2) is 4.93. The quantitative estimate of drug-likeness (QED) is 0.708. The fourth-order valence-electron chi connectivity index (χ4n) is 1.92. The number of halogens is 2. The first kappa shape index (κ1) is 12.0. The summed E-state index contributed by atoms with van der Waals surface area (Å²) in [5, 5.41) is 1.96. The second-order valence-electron chi connectivity index (χ2n) is 4.07. The molecule has 0 aliphatic carbocycles. The topological polar surface area (TPSA) is 17.8 Å². The molecule has 0 aliphatic heterocycles. The van der Waals surface area contributed by atoms with E-state index < -0.39 is 11.6 Å². The van der Waals surface area contributed by atoms with Crippen molar-refractivity contribution in [3.63, 3.8) is 0 Å². The Bertz CT molecular complexity index is 689. The van der Waals surface area contributed by atoms with Crippen LogP contribution in [0, 0.1) is 11.6 Å². The van der Waals surface area contributed by atoms with E-state index in [-0.39, 0.29) is 6.54 Å². The summed E-state index contributed by atoms with van der Waals surface area (Å²) < 4.78 is 28.7. The van der Waals surface area contributed by atoms with Crippen molar-refractivity contribution in [3.05, 3.63) is 65.3 Å². The molecule has 0 bridgehead atoms. The van der Waals surface area contributed by atoms with Crippen molar-refractivity contribution in [2.75, 3.05) is 0 Å². The zero-order valence-electron chi connectivity index (χ0n) is 9.88. The largest absolute Gasteiger partial charge is 0.326 e. The standard InChI is InChI=1S/C14H10F2N2S/c15-11-4-1-3-10(13(11)16)9-18-7-6-17-14(18)12-5-2-8-19-12/h1-8H,9H2. The van der Waals surface area contributed by atoms with E-state index in [1.807, 2.05) is 22.1 Å². The fourth-order valence-corrected chi connectivity index (χ4v) is 2.66. The highest BCUT2D eigenvalue weighted by molar-refractivity contribution is 7.13. The van der Waals surface area contributed by atoms with Gasteiger partial charge in [-0.1, -0.05) is 18.2 Å². The highest BCUT2D eigenvalue weighted by Crippen LogP contribution is 2.24. The highest BCUT2D eigenvalue weighted by atomic mass is 32.1. The molecule has 1 aromatic carbocycles. The molecule has 0 saturated heterocycles. The van der Waals surface area contributed by atoms with Crippen molar-refractivity contribution in [2.24, 2.45) is 0 Å². The van der Waals surface area contributed by atoms with Crippen LogP contribution in [0.15, 0.2) is 48.1 Å². The first-order valence-corrected chi connectivity index (χ1v) is 6.61. The number of hydrogen-bond acceptors (Lipinski definition) is 2. The third-order valence-electron chi connectivity index (χ3n) is 2.83. The van der Waals surface area contributed by atoms with Crippen LogP contribution in [-0.2, 0) is 6.54 Å². The summed E-state index contributed by atoms with van der Waals surface area (Å²) in [6, 6.07) is 8.09. The normalized spacial score (nSPS) is 10.8. The molecule has 0 amide bonds. The van der Waals surface area contributed by atoms with E-state index in [2.05, 4.69) is 4.98 Å². The van der Waals surface area contributed by atoms with Gasteiger partial charge >= 0.3 is 0 Å². The van der Waals surface area contributed by atoms with Crippen LogP contribution in [0.4, 0.5) is 8.78 Å². The summed E-state index contributed by atoms with van der Waals surface area (Å²) in [5.74, 6) is -0.859. The molecule has 0 atom stereocenters. The van der Waals surface area contributed by atoms with Gasteiger partial charge in [-0.3, -0.25) is 0 Å². The van der Waals surface area contributed by atoms with E-state index in [1.54, 1.807) is 29.8 Å². The van der Waals surface area contributed by atoms with Gasteiger partial charge in [0.2, 0.25) is 0 Å². The van der Waals surface area contributed by atoms with Crippen molar-refractivity contribution in [1.82, 2.24) is 9.55 Å². The fraction of sp³-hybridized carbons (Fsp3) is 0.0714. The van der Waals surface area contributed by atoms with Crippen molar-refractivity contribution in [3.8, 4) is 10.7 Å². The van der Waals surface area contributed by atoms with Crippen LogP contribution in [0.2, 0.25) is 0 Å². The van der Waals surface area contributed by atoms with Crippen LogP contribution in [-0.4, -0.2) is 9.55 Å². The molecule has 5 heteroatoms. The molecule has 0 unspecified atom stereocenters. The summed E-state index contributed by atoms with van der Waals surface area (Å²) in [6.07, 6.45) is 3.42. The van der Waals surface area contributed by atoms with Gasteiger partial charge in [0.15, 0.2) is 11.6 Å². The van der Waals surface area contributed by atoms with Gasteiger partial charge in [0.1, 0.15) is 5.82 Å². The smallest absolute Gasteiger partial charge is 0.163 e. The Morgan fingerprint density at radius 1 is 1.16 bits per heavy atom. The molecule has 2 nitrogen and oxygen atoms in total. The number of hydrogen-bond donors (Lipinski definition) is 0. The van der Waals surface area contributed by atoms with Gasteiger partial charge in [-0.2, -0.15) is 0 Å². The maximum atomic E-state index is 13.7. The number of thiophene rings is 1. The van der Waals surface area contributed by atoms with Gasteiger partial charge in [-0.15, -0.1) is 11.3 Å². The Morgan fingerprint density at radius 2 is 2.05 bits per heavy atom. The van der Waals surface area contributed by atoms with Crippen LogP contribution >= 0.6 is 11.3 Å². The third-order valence-corrected chi connectivity index (χ3v) is 3.70. The molecule has 0 fully saturated rings. The molecular weight excluding hydrogens is 266 g/mol. The molecule has 0 aliphatic rings. The average Bonchev–Trinajstić information content (AvgIpc) is 3.05. The number of nitrogens with zero attached hydrogens (tertiary/aromatic N) is 2. The first-order chi connectivity index (χ1) is 9.25. The summed E-state index contributed by atoms with van der Waals surface area (Å²) in [6.45, 7) is 0.261. The Balaban J connectivity index is 1.97. The molecule has 3 aromatic rings. The lowest BCUT2D eigenvalue weighted by atomic mass is 10.2. The molecule has 96 valence electrons. The van der Waals surface area contributed by atoms with Gasteiger partial charge in [-0.25, -0.2) is 13.8 Å². The van der Waals surface area contributed by atoms with Crippen LogP contribution in [0.25, 0.3) is 10.7 Å². The predicted molar refractivity (Wildman–Crippen MR) is 71.0 cm³/mol. The van der Waals surface area contributed by atoms with E-state index in [1.165, 1.54) is 6.07 Å². The molecule has 19 heavy (non-hydrogen) atoms. The van der Waals surface area contributed by atoms with E-state index >= 15 is 0 Å². The predicted octanol–water partition coefficient (Wildman–Crippen LogP) is 3.94. The Kier molecular flexibility index (Phi) is 3.13. The SMILES string of the molecule is Fc1cccc(Cn2ccnc2-c2cccs2)c1F. The summed E-state index contributed by atoms with van der Waals surface area (Å²) in [7, 11) is 0. The first-order valence-electron chi connectivity index (χ1n) is 5.73. The van der Waals surface area contributed by atoms with E-state index in [0.717, 1.165) is 16.8 Å². The Labute approximate surface area is 113 Å². The third kappa shape index (κ3) is 2.29. The molecule has 0 radical (unpaired) electrons. The summed E-state index contributed by atoms with van der Waals surface area (Å²) >= 11 is 1.56. The van der Waals surface area contributed by atoms with E-state index in [9.17, 15) is 8.78 Å². The van der Waals surface area contributed by atoms with Gasteiger partial charge in [0, 0.05) is 18.0 Å². The lowest BCUT2D eigenvalue weighted by Gasteiger charge is -2.08.